The van der Waals surface area contributed by atoms with E-state index < -0.39 is 6.10 Å². The molecule has 1 aromatic heterocycles. The molecule has 0 saturated heterocycles. The Morgan fingerprint density at radius 2 is 1.86 bits per heavy atom. The number of carbonyl (C=O) groups excluding carboxylic acids is 1. The highest BCUT2D eigenvalue weighted by atomic mass is 16.6. The van der Waals surface area contributed by atoms with E-state index in [1.165, 1.54) is 29.5 Å². The number of rotatable bonds is 6. The molecule has 0 radical (unpaired) electrons. The summed E-state index contributed by atoms with van der Waals surface area (Å²) >= 11 is 0. The quantitative estimate of drug-likeness (QED) is 0.665. The molecule has 3 aromatic rings. The third-order valence-electron chi connectivity index (χ3n) is 5.37. The molecule has 0 aliphatic heterocycles. The number of aromatic nitrogens is 2. The van der Waals surface area contributed by atoms with Gasteiger partial charge in [0.05, 0.1) is 0 Å². The summed E-state index contributed by atoms with van der Waals surface area (Å²) in [4.78, 5) is 12.6. The lowest BCUT2D eigenvalue weighted by atomic mass is 9.90. The summed E-state index contributed by atoms with van der Waals surface area (Å²) < 4.78 is 10.7. The zero-order chi connectivity index (χ0) is 20.2. The lowest BCUT2D eigenvalue weighted by Crippen LogP contribution is -2.30. The molecule has 1 aliphatic carbocycles. The first-order valence-corrected chi connectivity index (χ1v) is 10.1. The van der Waals surface area contributed by atoms with Crippen LogP contribution in [0.2, 0.25) is 0 Å². The predicted octanol–water partition coefficient (Wildman–Crippen LogP) is 4.58. The average molecular weight is 391 g/mol. The maximum atomic E-state index is 12.6. The number of nitrogens with one attached hydrogen (secondary N) is 1. The Morgan fingerprint density at radius 1 is 1.10 bits per heavy atom. The summed E-state index contributed by atoms with van der Waals surface area (Å²) in [6.45, 7) is 3.80. The number of nitrogens with zero attached hydrogens (tertiary/aromatic N) is 2. The van der Waals surface area contributed by atoms with Crippen molar-refractivity contribution in [3.8, 4) is 17.0 Å². The van der Waals surface area contributed by atoms with E-state index in [0.717, 1.165) is 24.8 Å². The number of aryl methyl sites for hydroxylation is 3. The van der Waals surface area contributed by atoms with Gasteiger partial charge in [-0.15, -0.1) is 0 Å². The number of hydrogen-bond acceptors (Lipinski definition) is 5. The first kappa shape index (κ1) is 19.2. The zero-order valence-electron chi connectivity index (χ0n) is 16.8. The van der Waals surface area contributed by atoms with Crippen LogP contribution in [0.1, 0.15) is 43.4 Å². The van der Waals surface area contributed by atoms with Gasteiger partial charge < -0.3 is 10.1 Å². The van der Waals surface area contributed by atoms with Gasteiger partial charge in [0.25, 0.3) is 5.91 Å². The normalized spacial score (nSPS) is 14.1. The molecule has 150 valence electrons. The summed E-state index contributed by atoms with van der Waals surface area (Å²) in [6, 6.07) is 14.0. The second-order valence-corrected chi connectivity index (χ2v) is 7.40. The fourth-order valence-electron chi connectivity index (χ4n) is 3.62. The molecular weight excluding hydrogens is 366 g/mol. The van der Waals surface area contributed by atoms with E-state index in [1.54, 1.807) is 6.92 Å². The molecule has 2 aromatic carbocycles. The van der Waals surface area contributed by atoms with Crippen molar-refractivity contribution < 1.29 is 14.2 Å². The maximum Gasteiger partial charge on any atom is 0.266 e. The molecule has 1 amide bonds. The van der Waals surface area contributed by atoms with Gasteiger partial charge in [-0.25, -0.2) is 4.63 Å². The van der Waals surface area contributed by atoms with Crippen molar-refractivity contribution >= 4 is 11.7 Å². The fraction of sp³-hybridized carbons (Fsp3) is 0.348. The molecule has 0 spiro atoms. The Morgan fingerprint density at radius 3 is 2.62 bits per heavy atom. The SMILES string of the molecule is CCc1ccc(OC(C)C(=O)Nc2nonc2-c2ccc3c(c2)CCCC3)cc1. The number of benzene rings is 2. The van der Waals surface area contributed by atoms with Crippen LogP contribution in [0.5, 0.6) is 5.75 Å². The van der Waals surface area contributed by atoms with Crippen LogP contribution in [0, 0.1) is 0 Å². The van der Waals surface area contributed by atoms with Crippen molar-refractivity contribution in [1.29, 1.82) is 0 Å². The third kappa shape index (κ3) is 4.31. The Kier molecular flexibility index (Phi) is 5.60. The smallest absolute Gasteiger partial charge is 0.266 e. The van der Waals surface area contributed by atoms with Crippen LogP contribution in [-0.2, 0) is 24.1 Å². The monoisotopic (exact) mass is 391 g/mol. The molecule has 1 aliphatic rings. The first-order chi connectivity index (χ1) is 14.1. The molecule has 1 N–H and O–H groups in total. The van der Waals surface area contributed by atoms with Gasteiger partial charge in [0.1, 0.15) is 5.75 Å². The Balaban J connectivity index is 1.46. The van der Waals surface area contributed by atoms with Crippen LogP contribution in [0.4, 0.5) is 5.82 Å². The average Bonchev–Trinajstić information content (AvgIpc) is 3.22. The van der Waals surface area contributed by atoms with Gasteiger partial charge >= 0.3 is 0 Å². The standard InChI is InChI=1S/C23H25N3O3/c1-3-16-8-12-20(13-9-16)28-15(2)23(27)24-22-21(25-29-26-22)19-11-10-17-6-4-5-7-18(17)14-19/h8-15H,3-7H2,1-2H3,(H,24,26,27). The van der Waals surface area contributed by atoms with E-state index in [1.807, 2.05) is 30.3 Å². The highest BCUT2D eigenvalue weighted by Gasteiger charge is 2.21. The van der Waals surface area contributed by atoms with Crippen LogP contribution in [-0.4, -0.2) is 22.3 Å². The highest BCUT2D eigenvalue weighted by Crippen LogP contribution is 2.30. The van der Waals surface area contributed by atoms with E-state index in [4.69, 9.17) is 9.37 Å². The van der Waals surface area contributed by atoms with E-state index >= 15 is 0 Å². The number of ether oxygens (including phenoxy) is 1. The second-order valence-electron chi connectivity index (χ2n) is 7.40. The molecular formula is C23H25N3O3. The largest absolute Gasteiger partial charge is 0.481 e. The van der Waals surface area contributed by atoms with Gasteiger partial charge in [0.2, 0.25) is 5.82 Å². The molecule has 29 heavy (non-hydrogen) atoms. The third-order valence-corrected chi connectivity index (χ3v) is 5.37. The molecule has 0 saturated carbocycles. The molecule has 6 heteroatoms. The molecule has 0 bridgehead atoms. The summed E-state index contributed by atoms with van der Waals surface area (Å²) in [5, 5.41) is 10.7. The van der Waals surface area contributed by atoms with Crippen LogP contribution in [0.25, 0.3) is 11.3 Å². The Labute approximate surface area is 170 Å². The van der Waals surface area contributed by atoms with Crippen molar-refractivity contribution in [3.63, 3.8) is 0 Å². The highest BCUT2D eigenvalue weighted by molar-refractivity contribution is 5.96. The summed E-state index contributed by atoms with van der Waals surface area (Å²) in [7, 11) is 0. The summed E-state index contributed by atoms with van der Waals surface area (Å²) in [6.07, 6.45) is 4.89. The van der Waals surface area contributed by atoms with Crippen LogP contribution >= 0.6 is 0 Å². The van der Waals surface area contributed by atoms with Crippen molar-refractivity contribution in [3.05, 3.63) is 59.2 Å². The van der Waals surface area contributed by atoms with Crippen molar-refractivity contribution in [1.82, 2.24) is 10.3 Å². The lowest BCUT2D eigenvalue weighted by Gasteiger charge is -2.16. The first-order valence-electron chi connectivity index (χ1n) is 10.1. The van der Waals surface area contributed by atoms with E-state index in [9.17, 15) is 4.79 Å². The summed E-state index contributed by atoms with van der Waals surface area (Å²) in [5.74, 6) is 0.653. The van der Waals surface area contributed by atoms with E-state index in [-0.39, 0.29) is 5.91 Å². The van der Waals surface area contributed by atoms with Gasteiger partial charge in [-0.05, 0) is 84.2 Å². The molecule has 1 atom stereocenters. The van der Waals surface area contributed by atoms with Crippen molar-refractivity contribution in [2.75, 3.05) is 5.32 Å². The number of hydrogen-bond donors (Lipinski definition) is 1. The van der Waals surface area contributed by atoms with E-state index in [2.05, 4.69) is 34.7 Å². The lowest BCUT2D eigenvalue weighted by molar-refractivity contribution is -0.122. The summed E-state index contributed by atoms with van der Waals surface area (Å²) in [5.41, 5.74) is 5.37. The molecule has 1 heterocycles. The second kappa shape index (κ2) is 8.47. The fourth-order valence-corrected chi connectivity index (χ4v) is 3.62. The zero-order valence-corrected chi connectivity index (χ0v) is 16.8. The van der Waals surface area contributed by atoms with Gasteiger partial charge in [0, 0.05) is 5.56 Å². The van der Waals surface area contributed by atoms with Crippen molar-refractivity contribution in [2.24, 2.45) is 0 Å². The molecule has 4 rings (SSSR count). The number of anilines is 1. The maximum absolute atomic E-state index is 12.6. The predicted molar refractivity (Wildman–Crippen MR) is 111 cm³/mol. The van der Waals surface area contributed by atoms with Crippen LogP contribution in [0.15, 0.2) is 47.1 Å². The molecule has 1 unspecified atom stereocenters. The van der Waals surface area contributed by atoms with Gasteiger partial charge in [-0.3, -0.25) is 4.79 Å². The van der Waals surface area contributed by atoms with Gasteiger partial charge in [-0.1, -0.05) is 31.2 Å². The van der Waals surface area contributed by atoms with Crippen molar-refractivity contribution in [2.45, 2.75) is 52.1 Å². The van der Waals surface area contributed by atoms with E-state index in [0.29, 0.717) is 17.3 Å². The van der Waals surface area contributed by atoms with Gasteiger partial charge in [-0.2, -0.15) is 0 Å². The Hall–Kier alpha value is -3.15. The van der Waals surface area contributed by atoms with Crippen LogP contribution < -0.4 is 10.1 Å². The van der Waals surface area contributed by atoms with Crippen LogP contribution in [0.3, 0.4) is 0 Å². The topological polar surface area (TPSA) is 77.2 Å². The van der Waals surface area contributed by atoms with Gasteiger partial charge in [0.15, 0.2) is 11.8 Å². The Bertz CT molecular complexity index is 995. The molecule has 6 nitrogen and oxygen atoms in total. The number of fused-ring (bicyclic) bond motifs is 1. The minimum absolute atomic E-state index is 0.306. The minimum Gasteiger partial charge on any atom is -0.481 e. The number of amides is 1. The number of carbonyl (C=O) groups is 1. The molecule has 0 fully saturated rings. The minimum atomic E-state index is -0.685.